The SMILES string of the molecule is CN(Cc1ccccc1)C(=O)[C@H](Cc1ccccc1)NC(=O)OCc1ccccc1. The van der Waals surface area contributed by atoms with E-state index >= 15 is 0 Å². The molecule has 0 unspecified atom stereocenters. The van der Waals surface area contributed by atoms with E-state index in [9.17, 15) is 9.59 Å². The second kappa shape index (κ2) is 10.8. The van der Waals surface area contributed by atoms with Gasteiger partial charge in [0.1, 0.15) is 12.6 Å². The monoisotopic (exact) mass is 402 g/mol. The molecule has 154 valence electrons. The second-order valence-corrected chi connectivity index (χ2v) is 7.13. The maximum Gasteiger partial charge on any atom is 0.408 e. The van der Waals surface area contributed by atoms with E-state index in [1.54, 1.807) is 11.9 Å². The Bertz CT molecular complexity index is 930. The van der Waals surface area contributed by atoms with E-state index in [0.29, 0.717) is 13.0 Å². The Morgan fingerprint density at radius 1 is 0.800 bits per heavy atom. The maximum absolute atomic E-state index is 13.1. The van der Waals surface area contributed by atoms with Crippen LogP contribution in [0.4, 0.5) is 4.79 Å². The van der Waals surface area contributed by atoms with Gasteiger partial charge >= 0.3 is 6.09 Å². The van der Waals surface area contributed by atoms with Crippen molar-refractivity contribution in [2.24, 2.45) is 0 Å². The number of hydrogen-bond acceptors (Lipinski definition) is 3. The average Bonchev–Trinajstić information content (AvgIpc) is 2.79. The Hall–Kier alpha value is -3.60. The Labute approximate surface area is 177 Å². The molecule has 1 N–H and O–H groups in total. The van der Waals surface area contributed by atoms with Crippen LogP contribution in [0.2, 0.25) is 0 Å². The van der Waals surface area contributed by atoms with Gasteiger partial charge in [-0.05, 0) is 16.7 Å². The van der Waals surface area contributed by atoms with Crippen molar-refractivity contribution in [1.82, 2.24) is 10.2 Å². The molecule has 30 heavy (non-hydrogen) atoms. The average molecular weight is 402 g/mol. The van der Waals surface area contributed by atoms with Gasteiger partial charge in [-0.2, -0.15) is 0 Å². The highest BCUT2D eigenvalue weighted by molar-refractivity contribution is 5.85. The highest BCUT2D eigenvalue weighted by atomic mass is 16.5. The van der Waals surface area contributed by atoms with Crippen molar-refractivity contribution in [3.8, 4) is 0 Å². The van der Waals surface area contributed by atoms with Crippen molar-refractivity contribution < 1.29 is 14.3 Å². The molecule has 0 radical (unpaired) electrons. The molecule has 0 aromatic heterocycles. The van der Waals surface area contributed by atoms with E-state index in [1.165, 1.54) is 0 Å². The Kier molecular flexibility index (Phi) is 7.61. The third-order valence-electron chi connectivity index (χ3n) is 4.72. The van der Waals surface area contributed by atoms with Crippen LogP contribution >= 0.6 is 0 Å². The summed E-state index contributed by atoms with van der Waals surface area (Å²) in [6, 6.07) is 28.1. The zero-order chi connectivity index (χ0) is 21.2. The quantitative estimate of drug-likeness (QED) is 0.615. The minimum atomic E-state index is -0.718. The zero-order valence-electron chi connectivity index (χ0n) is 17.0. The van der Waals surface area contributed by atoms with Crippen molar-refractivity contribution in [1.29, 1.82) is 0 Å². The Balaban J connectivity index is 1.66. The van der Waals surface area contributed by atoms with Crippen LogP contribution < -0.4 is 5.32 Å². The van der Waals surface area contributed by atoms with Gasteiger partial charge in [0.2, 0.25) is 5.91 Å². The third-order valence-corrected chi connectivity index (χ3v) is 4.72. The zero-order valence-corrected chi connectivity index (χ0v) is 17.0. The van der Waals surface area contributed by atoms with Crippen LogP contribution in [-0.2, 0) is 29.1 Å². The summed E-state index contributed by atoms with van der Waals surface area (Å²) in [5.74, 6) is -0.167. The van der Waals surface area contributed by atoms with Crippen molar-refractivity contribution in [3.05, 3.63) is 108 Å². The number of nitrogens with one attached hydrogen (secondary N) is 1. The number of amides is 2. The minimum absolute atomic E-state index is 0.152. The van der Waals surface area contributed by atoms with E-state index in [0.717, 1.165) is 16.7 Å². The highest BCUT2D eigenvalue weighted by Gasteiger charge is 2.25. The van der Waals surface area contributed by atoms with Crippen molar-refractivity contribution in [2.45, 2.75) is 25.6 Å². The lowest BCUT2D eigenvalue weighted by Crippen LogP contribution is -2.48. The molecule has 0 saturated heterocycles. The number of benzene rings is 3. The van der Waals surface area contributed by atoms with Crippen LogP contribution in [0.25, 0.3) is 0 Å². The highest BCUT2D eigenvalue weighted by Crippen LogP contribution is 2.10. The van der Waals surface area contributed by atoms with Crippen LogP contribution in [0.3, 0.4) is 0 Å². The smallest absolute Gasteiger partial charge is 0.408 e. The van der Waals surface area contributed by atoms with Gasteiger partial charge in [0.15, 0.2) is 0 Å². The Morgan fingerprint density at radius 2 is 1.30 bits per heavy atom. The molecule has 5 heteroatoms. The van der Waals surface area contributed by atoms with Crippen LogP contribution in [0.5, 0.6) is 0 Å². The molecule has 0 aliphatic carbocycles. The number of carbonyl (C=O) groups excluding carboxylic acids is 2. The number of ether oxygens (including phenoxy) is 1. The molecular formula is C25H26N2O3. The fraction of sp³-hybridized carbons (Fsp3) is 0.200. The lowest BCUT2D eigenvalue weighted by Gasteiger charge is -2.25. The molecule has 3 aromatic carbocycles. The molecule has 3 rings (SSSR count). The number of carbonyl (C=O) groups is 2. The number of alkyl carbamates (subject to hydrolysis) is 1. The van der Waals surface area contributed by atoms with Gasteiger partial charge in [-0.25, -0.2) is 4.79 Å². The molecule has 0 heterocycles. The van der Waals surface area contributed by atoms with E-state index in [1.807, 2.05) is 91.0 Å². The van der Waals surface area contributed by atoms with Crippen LogP contribution in [0.15, 0.2) is 91.0 Å². The van der Waals surface area contributed by atoms with Gasteiger partial charge in [0.05, 0.1) is 0 Å². The predicted octanol–water partition coefficient (Wildman–Crippen LogP) is 4.18. The summed E-state index contributed by atoms with van der Waals surface area (Å²) in [6.45, 7) is 0.616. The van der Waals surface area contributed by atoms with E-state index in [4.69, 9.17) is 4.74 Å². The summed E-state index contributed by atoms with van der Waals surface area (Å²) in [6.07, 6.45) is -0.222. The van der Waals surface area contributed by atoms with Crippen LogP contribution in [-0.4, -0.2) is 30.0 Å². The molecule has 0 aliphatic heterocycles. The summed E-state index contributed by atoms with van der Waals surface area (Å²) < 4.78 is 5.32. The van der Waals surface area contributed by atoms with E-state index in [2.05, 4.69) is 5.32 Å². The summed E-state index contributed by atoms with van der Waals surface area (Å²) in [4.78, 5) is 27.1. The number of rotatable bonds is 8. The molecule has 0 aliphatic rings. The van der Waals surface area contributed by atoms with Crippen molar-refractivity contribution in [2.75, 3.05) is 7.05 Å². The standard InChI is InChI=1S/C25H26N2O3/c1-27(18-21-13-7-3-8-14-21)24(28)23(17-20-11-5-2-6-12-20)26-25(29)30-19-22-15-9-4-10-16-22/h2-16,23H,17-19H2,1H3,(H,26,29)/t23-/m0/s1. The molecule has 1 atom stereocenters. The van der Waals surface area contributed by atoms with Crippen molar-refractivity contribution >= 4 is 12.0 Å². The largest absolute Gasteiger partial charge is 0.445 e. The molecule has 0 bridgehead atoms. The predicted molar refractivity (Wildman–Crippen MR) is 117 cm³/mol. The second-order valence-electron chi connectivity index (χ2n) is 7.13. The van der Waals surface area contributed by atoms with Gasteiger partial charge in [-0.1, -0.05) is 91.0 Å². The normalized spacial score (nSPS) is 11.4. The van der Waals surface area contributed by atoms with Crippen LogP contribution in [0.1, 0.15) is 16.7 Å². The molecule has 0 fully saturated rings. The maximum atomic E-state index is 13.1. The first-order valence-corrected chi connectivity index (χ1v) is 9.92. The third kappa shape index (κ3) is 6.48. The minimum Gasteiger partial charge on any atom is -0.445 e. The van der Waals surface area contributed by atoms with E-state index in [-0.39, 0.29) is 12.5 Å². The molecular weight excluding hydrogens is 376 g/mol. The van der Waals surface area contributed by atoms with Crippen molar-refractivity contribution in [3.63, 3.8) is 0 Å². The summed E-state index contributed by atoms with van der Waals surface area (Å²) in [7, 11) is 1.74. The fourth-order valence-electron chi connectivity index (χ4n) is 3.16. The van der Waals surface area contributed by atoms with Gasteiger partial charge < -0.3 is 15.0 Å². The van der Waals surface area contributed by atoms with E-state index < -0.39 is 12.1 Å². The molecule has 3 aromatic rings. The first-order chi connectivity index (χ1) is 14.6. The topological polar surface area (TPSA) is 58.6 Å². The molecule has 2 amide bonds. The van der Waals surface area contributed by atoms with Gasteiger partial charge in [0, 0.05) is 20.0 Å². The lowest BCUT2D eigenvalue weighted by atomic mass is 10.0. The number of likely N-dealkylation sites (N-methyl/N-ethyl adjacent to an activating group) is 1. The van der Waals surface area contributed by atoms with Gasteiger partial charge in [-0.3, -0.25) is 4.79 Å². The lowest BCUT2D eigenvalue weighted by molar-refractivity contribution is -0.132. The first-order valence-electron chi connectivity index (χ1n) is 9.92. The summed E-state index contributed by atoms with van der Waals surface area (Å²) in [5.41, 5.74) is 2.88. The first kappa shape index (κ1) is 21.1. The van der Waals surface area contributed by atoms with Crippen LogP contribution in [0, 0.1) is 0 Å². The summed E-state index contributed by atoms with van der Waals surface area (Å²) >= 11 is 0. The van der Waals surface area contributed by atoms with Gasteiger partial charge in [0.25, 0.3) is 0 Å². The van der Waals surface area contributed by atoms with Gasteiger partial charge in [-0.15, -0.1) is 0 Å². The molecule has 0 saturated carbocycles. The molecule has 5 nitrogen and oxygen atoms in total. The molecule has 0 spiro atoms. The Morgan fingerprint density at radius 3 is 1.87 bits per heavy atom. The summed E-state index contributed by atoms with van der Waals surface area (Å²) in [5, 5.41) is 2.75. The number of hydrogen-bond donors (Lipinski definition) is 1. The fourth-order valence-corrected chi connectivity index (χ4v) is 3.16. The number of nitrogens with zero attached hydrogens (tertiary/aromatic N) is 1.